The molecule has 0 saturated heterocycles. The van der Waals surface area contributed by atoms with Gasteiger partial charge in [-0.3, -0.25) is 19.2 Å². The molecule has 0 aliphatic carbocycles. The highest BCUT2D eigenvalue weighted by molar-refractivity contribution is 7.80. The van der Waals surface area contributed by atoms with Gasteiger partial charge in [0.1, 0.15) is 18.1 Å². The SMILES string of the molecule is NC(=O)CC(N)C(=O)NC(Cc1c[nH]c2ccccc12)C(=O)NC(CS)C(=O)NC(Cc1c[nH]c2ccccc12)C(=O)O. The molecule has 0 saturated carbocycles. The van der Waals surface area contributed by atoms with E-state index in [4.69, 9.17) is 11.5 Å². The summed E-state index contributed by atoms with van der Waals surface area (Å²) < 4.78 is 0. The minimum atomic E-state index is -1.29. The summed E-state index contributed by atoms with van der Waals surface area (Å²) in [6.45, 7) is 0. The number of carbonyl (C=O) groups is 5. The number of nitrogens with two attached hydrogens (primary N) is 2. The number of H-pyrrole nitrogens is 2. The third-order valence-corrected chi connectivity index (χ3v) is 7.38. The van der Waals surface area contributed by atoms with Crippen LogP contribution in [0, 0.1) is 0 Å². The number of nitrogens with one attached hydrogen (secondary N) is 5. The summed E-state index contributed by atoms with van der Waals surface area (Å²) >= 11 is 4.20. The first-order chi connectivity index (χ1) is 20.6. The van der Waals surface area contributed by atoms with Crippen molar-refractivity contribution in [3.63, 3.8) is 0 Å². The Hall–Kier alpha value is -4.82. The highest BCUT2D eigenvalue weighted by Gasteiger charge is 2.31. The van der Waals surface area contributed by atoms with Crippen molar-refractivity contribution in [1.29, 1.82) is 0 Å². The van der Waals surface area contributed by atoms with Crippen molar-refractivity contribution in [3.05, 3.63) is 72.1 Å². The fourth-order valence-corrected chi connectivity index (χ4v) is 5.03. The maximum atomic E-state index is 13.5. The smallest absolute Gasteiger partial charge is 0.326 e. The second kappa shape index (κ2) is 13.9. The van der Waals surface area contributed by atoms with Gasteiger partial charge < -0.3 is 42.5 Å². The average Bonchev–Trinajstić information content (AvgIpc) is 3.58. The molecule has 0 bridgehead atoms. The molecule has 43 heavy (non-hydrogen) atoms. The van der Waals surface area contributed by atoms with Crippen LogP contribution in [0.15, 0.2) is 60.9 Å². The van der Waals surface area contributed by atoms with E-state index in [0.29, 0.717) is 11.1 Å². The molecule has 0 aliphatic rings. The van der Waals surface area contributed by atoms with Crippen LogP contribution in [0.5, 0.6) is 0 Å². The van der Waals surface area contributed by atoms with E-state index in [0.717, 1.165) is 21.8 Å². The molecule has 226 valence electrons. The molecule has 4 unspecified atom stereocenters. The number of fused-ring (bicyclic) bond motifs is 2. The summed E-state index contributed by atoms with van der Waals surface area (Å²) in [5.41, 5.74) is 14.0. The van der Waals surface area contributed by atoms with E-state index < -0.39 is 60.2 Å². The largest absolute Gasteiger partial charge is 0.480 e. The highest BCUT2D eigenvalue weighted by atomic mass is 32.1. The standard InChI is InChI=1S/C29H33N7O6S/c30-19(11-25(31)37)26(38)34-22(9-15-12-32-20-7-3-1-5-17(15)20)27(39)36-24(14-43)28(40)35-23(29(41)42)10-16-13-33-21-8-4-2-6-18(16)21/h1-8,12-13,19,22-24,32-33,43H,9-11,14,30H2,(H2,31,37)(H,34,38)(H,35,40)(H,36,39)(H,41,42). The number of hydrogen-bond donors (Lipinski definition) is 9. The molecule has 4 atom stereocenters. The molecule has 4 rings (SSSR count). The van der Waals surface area contributed by atoms with Crippen molar-refractivity contribution in [1.82, 2.24) is 25.9 Å². The number of amides is 4. The monoisotopic (exact) mass is 607 g/mol. The molecule has 4 aromatic rings. The number of carboxylic acids is 1. The van der Waals surface area contributed by atoms with Gasteiger partial charge >= 0.3 is 5.97 Å². The summed E-state index contributed by atoms with van der Waals surface area (Å²) in [5, 5.41) is 19.1. The van der Waals surface area contributed by atoms with E-state index in [-0.39, 0.29) is 18.6 Å². The second-order valence-corrected chi connectivity index (χ2v) is 10.5. The van der Waals surface area contributed by atoms with E-state index in [2.05, 4.69) is 38.5 Å². The van der Waals surface area contributed by atoms with Crippen molar-refractivity contribution < 1.29 is 29.1 Å². The lowest BCUT2D eigenvalue weighted by molar-refractivity contribution is -0.142. The highest BCUT2D eigenvalue weighted by Crippen LogP contribution is 2.20. The van der Waals surface area contributed by atoms with Crippen LogP contribution in [-0.2, 0) is 36.8 Å². The lowest BCUT2D eigenvalue weighted by Crippen LogP contribution is -2.58. The Balaban J connectivity index is 1.49. The van der Waals surface area contributed by atoms with Gasteiger partial charge in [0.25, 0.3) is 0 Å². The Bertz CT molecular complexity index is 1650. The molecule has 0 fully saturated rings. The number of carboxylic acid groups (broad SMARTS) is 1. The van der Waals surface area contributed by atoms with Gasteiger partial charge in [0.2, 0.25) is 23.6 Å². The van der Waals surface area contributed by atoms with Crippen LogP contribution < -0.4 is 27.4 Å². The summed E-state index contributed by atoms with van der Waals surface area (Å²) in [7, 11) is 0. The lowest BCUT2D eigenvalue weighted by atomic mass is 10.0. The number of aromatic nitrogens is 2. The van der Waals surface area contributed by atoms with E-state index in [1.165, 1.54) is 0 Å². The first kappa shape index (κ1) is 31.1. The van der Waals surface area contributed by atoms with Gasteiger partial charge in [-0.1, -0.05) is 36.4 Å². The number of thiol groups is 1. The summed E-state index contributed by atoms with van der Waals surface area (Å²) in [5.74, 6) is -4.48. The maximum Gasteiger partial charge on any atom is 0.326 e. The number of benzene rings is 2. The average molecular weight is 608 g/mol. The van der Waals surface area contributed by atoms with E-state index in [9.17, 15) is 29.1 Å². The molecule has 2 aromatic carbocycles. The first-order valence-corrected chi connectivity index (χ1v) is 14.1. The number of primary amides is 1. The normalized spacial score (nSPS) is 14.0. The Morgan fingerprint density at radius 2 is 1.21 bits per heavy atom. The Kier molecular flexibility index (Phi) is 10.1. The second-order valence-electron chi connectivity index (χ2n) is 10.1. The zero-order valence-electron chi connectivity index (χ0n) is 23.0. The van der Waals surface area contributed by atoms with Crippen molar-refractivity contribution in [2.24, 2.45) is 11.5 Å². The third-order valence-electron chi connectivity index (χ3n) is 7.02. The Morgan fingerprint density at radius 3 is 1.72 bits per heavy atom. The van der Waals surface area contributed by atoms with Crippen LogP contribution in [0.2, 0.25) is 0 Å². The molecular weight excluding hydrogens is 574 g/mol. The topological polar surface area (TPSA) is 225 Å². The predicted octanol–water partition coefficient (Wildman–Crippen LogP) is 0.106. The Morgan fingerprint density at radius 1 is 0.744 bits per heavy atom. The van der Waals surface area contributed by atoms with Gasteiger partial charge in [0.05, 0.1) is 12.5 Å². The number of rotatable bonds is 14. The lowest BCUT2D eigenvalue weighted by Gasteiger charge is -2.24. The van der Waals surface area contributed by atoms with Gasteiger partial charge in [0, 0.05) is 52.8 Å². The fourth-order valence-electron chi connectivity index (χ4n) is 4.78. The third kappa shape index (κ3) is 7.72. The van der Waals surface area contributed by atoms with Crippen molar-refractivity contribution in [3.8, 4) is 0 Å². The van der Waals surface area contributed by atoms with Crippen molar-refractivity contribution in [2.75, 3.05) is 5.75 Å². The quantitative estimate of drug-likeness (QED) is 0.0898. The molecule has 14 heteroatoms. The molecule has 2 heterocycles. The molecular formula is C29H33N7O6S. The summed E-state index contributed by atoms with van der Waals surface area (Å²) in [6.07, 6.45) is 2.97. The van der Waals surface area contributed by atoms with Crippen LogP contribution >= 0.6 is 12.6 Å². The zero-order chi connectivity index (χ0) is 31.1. The molecule has 0 spiro atoms. The van der Waals surface area contributed by atoms with Crippen LogP contribution in [0.25, 0.3) is 21.8 Å². The minimum absolute atomic E-state index is 0.00464. The maximum absolute atomic E-state index is 13.5. The zero-order valence-corrected chi connectivity index (χ0v) is 23.9. The minimum Gasteiger partial charge on any atom is -0.480 e. The van der Waals surface area contributed by atoms with Crippen LogP contribution in [-0.4, -0.2) is 74.6 Å². The number of para-hydroxylation sites is 2. The van der Waals surface area contributed by atoms with E-state index in [1.807, 2.05) is 48.5 Å². The Labute approximate surface area is 251 Å². The van der Waals surface area contributed by atoms with Crippen LogP contribution in [0.3, 0.4) is 0 Å². The van der Waals surface area contributed by atoms with Gasteiger partial charge in [-0.15, -0.1) is 0 Å². The summed E-state index contributed by atoms with van der Waals surface area (Å²) in [6, 6.07) is 9.72. The molecule has 4 amide bonds. The van der Waals surface area contributed by atoms with E-state index >= 15 is 0 Å². The number of aromatic amines is 2. The molecule has 13 nitrogen and oxygen atoms in total. The van der Waals surface area contributed by atoms with E-state index in [1.54, 1.807) is 12.4 Å². The molecule has 0 aliphatic heterocycles. The van der Waals surface area contributed by atoms with Crippen molar-refractivity contribution in [2.45, 2.75) is 43.4 Å². The molecule has 2 aromatic heterocycles. The predicted molar refractivity (Wildman–Crippen MR) is 163 cm³/mol. The number of hydrogen-bond acceptors (Lipinski definition) is 7. The van der Waals surface area contributed by atoms with Gasteiger partial charge in [-0.05, 0) is 23.3 Å². The number of carbonyl (C=O) groups excluding carboxylic acids is 4. The first-order valence-electron chi connectivity index (χ1n) is 13.5. The fraction of sp³-hybridized carbons (Fsp3) is 0.276. The van der Waals surface area contributed by atoms with Crippen molar-refractivity contribution >= 4 is 64.0 Å². The molecule has 10 N–H and O–H groups in total. The van der Waals surface area contributed by atoms with Gasteiger partial charge in [0.15, 0.2) is 0 Å². The summed E-state index contributed by atoms with van der Waals surface area (Å²) in [4.78, 5) is 68.9. The molecule has 0 radical (unpaired) electrons. The van der Waals surface area contributed by atoms with Crippen LogP contribution in [0.1, 0.15) is 17.5 Å². The number of aliphatic carboxylic acids is 1. The van der Waals surface area contributed by atoms with Gasteiger partial charge in [-0.2, -0.15) is 12.6 Å². The van der Waals surface area contributed by atoms with Crippen LogP contribution in [0.4, 0.5) is 0 Å². The van der Waals surface area contributed by atoms with Gasteiger partial charge in [-0.25, -0.2) is 4.79 Å².